The molecule has 1 aromatic rings. The molecule has 7 nitrogen and oxygen atoms in total. The summed E-state index contributed by atoms with van der Waals surface area (Å²) >= 11 is 0. The van der Waals surface area contributed by atoms with Crippen molar-refractivity contribution in [2.45, 2.75) is 6.92 Å². The predicted molar refractivity (Wildman–Crippen MR) is 67.1 cm³/mol. The summed E-state index contributed by atoms with van der Waals surface area (Å²) in [4.78, 5) is 37.8. The van der Waals surface area contributed by atoms with Crippen LogP contribution in [-0.4, -0.2) is 26.5 Å². The van der Waals surface area contributed by atoms with Gasteiger partial charge in [-0.3, -0.25) is 13.9 Å². The van der Waals surface area contributed by atoms with Crippen LogP contribution in [0.15, 0.2) is 24.3 Å². The largest absolute Gasteiger partial charge is 0.341 e. The third-order valence-electron chi connectivity index (χ3n) is 1.97. The summed E-state index contributed by atoms with van der Waals surface area (Å²) in [6.07, 6.45) is 0. The minimum Gasteiger partial charge on any atom is -0.341 e. The van der Waals surface area contributed by atoms with Crippen LogP contribution in [0.25, 0.3) is 0 Å². The number of benzene rings is 1. The highest BCUT2D eigenvalue weighted by Crippen LogP contribution is 2.53. The lowest BCUT2D eigenvalue weighted by Crippen LogP contribution is -2.10. The molecule has 0 aliphatic rings. The Bertz CT molecular complexity index is 534. The van der Waals surface area contributed by atoms with Crippen molar-refractivity contribution in [2.24, 2.45) is 0 Å². The van der Waals surface area contributed by atoms with E-state index >= 15 is 0 Å². The van der Waals surface area contributed by atoms with Gasteiger partial charge in [-0.2, -0.15) is 0 Å². The molecule has 0 fully saturated rings. The molecule has 0 aliphatic carbocycles. The molecule has 9 heteroatoms. The van der Waals surface area contributed by atoms with Gasteiger partial charge in [0.1, 0.15) is 5.90 Å². The second-order valence-corrected chi connectivity index (χ2v) is 8.12. The highest BCUT2D eigenvalue weighted by atomic mass is 31.2. The number of hydrogen-bond acceptors (Lipinski definition) is 3. The lowest BCUT2D eigenvalue weighted by molar-refractivity contribution is -0.114. The lowest BCUT2D eigenvalue weighted by Gasteiger charge is -2.13. The van der Waals surface area contributed by atoms with Gasteiger partial charge >= 0.3 is 7.60 Å². The van der Waals surface area contributed by atoms with Gasteiger partial charge < -0.3 is 20.0 Å². The van der Waals surface area contributed by atoms with Crippen LogP contribution in [0.4, 0.5) is 5.69 Å². The van der Waals surface area contributed by atoms with Crippen molar-refractivity contribution >= 4 is 31.9 Å². The van der Waals surface area contributed by atoms with Gasteiger partial charge in [0.05, 0.1) is 0 Å². The van der Waals surface area contributed by atoms with Gasteiger partial charge in [0.15, 0.2) is 0 Å². The van der Waals surface area contributed by atoms with Gasteiger partial charge in [0.2, 0.25) is 13.3 Å². The number of nitrogens with one attached hydrogen (secondary N) is 1. The average Bonchev–Trinajstić information content (AvgIpc) is 2.13. The molecule has 0 bridgehead atoms. The summed E-state index contributed by atoms with van der Waals surface area (Å²) in [6.45, 7) is 1.32. The number of carbonyl (C=O) groups is 1. The zero-order valence-electron chi connectivity index (χ0n) is 9.48. The molecule has 1 aromatic carbocycles. The van der Waals surface area contributed by atoms with Crippen LogP contribution < -0.4 is 10.6 Å². The van der Waals surface area contributed by atoms with Gasteiger partial charge in [-0.15, -0.1) is 0 Å². The smallest absolute Gasteiger partial charge is 0.335 e. The minimum atomic E-state index is -4.57. The fourth-order valence-electron chi connectivity index (χ4n) is 1.31. The van der Waals surface area contributed by atoms with Crippen LogP contribution in [0.1, 0.15) is 6.92 Å². The molecular formula is C9H13NO6P2. The van der Waals surface area contributed by atoms with E-state index in [4.69, 9.17) is 9.79 Å². The second-order valence-electron chi connectivity index (χ2n) is 3.74. The lowest BCUT2D eigenvalue weighted by atomic mass is 10.3. The van der Waals surface area contributed by atoms with E-state index in [0.717, 1.165) is 0 Å². The van der Waals surface area contributed by atoms with Crippen molar-refractivity contribution < 1.29 is 28.6 Å². The maximum atomic E-state index is 11.7. The van der Waals surface area contributed by atoms with Crippen molar-refractivity contribution in [2.75, 3.05) is 11.2 Å². The van der Waals surface area contributed by atoms with Gasteiger partial charge in [0, 0.05) is 17.9 Å². The zero-order valence-corrected chi connectivity index (χ0v) is 11.3. The molecule has 0 radical (unpaired) electrons. The third kappa shape index (κ3) is 4.72. The van der Waals surface area contributed by atoms with E-state index in [1.165, 1.54) is 31.2 Å². The average molecular weight is 293 g/mol. The molecule has 18 heavy (non-hydrogen) atoms. The Morgan fingerprint density at radius 3 is 2.06 bits per heavy atom. The van der Waals surface area contributed by atoms with E-state index < -0.39 is 20.9 Å². The molecule has 4 N–H and O–H groups in total. The number of amides is 1. The minimum absolute atomic E-state index is 0.0695. The Labute approximate surface area is 103 Å². The number of carbonyl (C=O) groups excluding carboxylic acids is 1. The molecule has 1 amide bonds. The highest BCUT2D eigenvalue weighted by Gasteiger charge is 2.31. The predicted octanol–water partition coefficient (Wildman–Crippen LogP) is 0.676. The van der Waals surface area contributed by atoms with E-state index in [1.54, 1.807) is 0 Å². The monoisotopic (exact) mass is 293 g/mol. The molecule has 0 heterocycles. The first-order valence-corrected chi connectivity index (χ1v) is 8.49. The van der Waals surface area contributed by atoms with E-state index in [0.29, 0.717) is 5.69 Å². The van der Waals surface area contributed by atoms with Crippen LogP contribution in [0, 0.1) is 0 Å². The molecule has 0 aliphatic heterocycles. The van der Waals surface area contributed by atoms with E-state index in [1.807, 2.05) is 0 Å². The van der Waals surface area contributed by atoms with E-state index in [2.05, 4.69) is 5.32 Å². The third-order valence-corrected chi connectivity index (χ3v) is 6.08. The van der Waals surface area contributed by atoms with E-state index in [9.17, 15) is 18.8 Å². The molecule has 0 spiro atoms. The van der Waals surface area contributed by atoms with Crippen LogP contribution >= 0.6 is 15.0 Å². The van der Waals surface area contributed by atoms with Crippen LogP contribution in [0.5, 0.6) is 0 Å². The van der Waals surface area contributed by atoms with Crippen molar-refractivity contribution in [3.05, 3.63) is 24.3 Å². The molecule has 1 atom stereocenters. The number of anilines is 1. The second kappa shape index (κ2) is 5.34. The molecule has 1 rings (SSSR count). The van der Waals surface area contributed by atoms with Crippen molar-refractivity contribution in [1.29, 1.82) is 0 Å². The fraction of sp³-hybridized carbons (Fsp3) is 0.222. The summed E-state index contributed by atoms with van der Waals surface area (Å²) in [6, 6.07) is 5.28. The molecule has 100 valence electrons. The number of rotatable bonds is 4. The molecule has 0 saturated heterocycles. The standard InChI is InChI=1S/C9H13NO6P2/c1-7(11)10-8-2-4-9(5-3-8)17(12,13)6-18(14,15)16/h2-5H,6H2,1H3,(H,10,11)(H,12,13)(H2,14,15,16). The Hall–Kier alpha value is -0.970. The number of hydrogen-bond donors (Lipinski definition) is 4. The van der Waals surface area contributed by atoms with Crippen molar-refractivity contribution in [1.82, 2.24) is 0 Å². The first-order chi connectivity index (χ1) is 8.10. The maximum Gasteiger partial charge on any atom is 0.335 e. The van der Waals surface area contributed by atoms with Gasteiger partial charge in [-0.05, 0) is 24.3 Å². The SMILES string of the molecule is CC(=O)Nc1ccc(P(=O)(O)CP(=O)(O)O)cc1. The van der Waals surface area contributed by atoms with Gasteiger partial charge in [-0.1, -0.05) is 0 Å². The van der Waals surface area contributed by atoms with Crippen LogP contribution in [0.3, 0.4) is 0 Å². The van der Waals surface area contributed by atoms with Gasteiger partial charge in [0.25, 0.3) is 0 Å². The summed E-state index contributed by atoms with van der Waals surface area (Å²) < 4.78 is 22.5. The fourth-order valence-corrected chi connectivity index (χ4v) is 4.58. The Balaban J connectivity index is 2.94. The first kappa shape index (κ1) is 15.1. The maximum absolute atomic E-state index is 11.7. The Kier molecular flexibility index (Phi) is 4.48. The normalized spacial score (nSPS) is 14.9. The first-order valence-electron chi connectivity index (χ1n) is 4.85. The summed E-state index contributed by atoms with van der Waals surface area (Å²) in [5.41, 5.74) is 0.433. The highest BCUT2D eigenvalue weighted by molar-refractivity contribution is 7.77. The Morgan fingerprint density at radius 1 is 1.17 bits per heavy atom. The molecule has 1 unspecified atom stereocenters. The summed E-state index contributed by atoms with van der Waals surface area (Å²) in [5, 5.41) is 2.40. The molecular weight excluding hydrogens is 280 g/mol. The van der Waals surface area contributed by atoms with Crippen LogP contribution in [0.2, 0.25) is 0 Å². The summed E-state index contributed by atoms with van der Waals surface area (Å²) in [5.74, 6) is -1.38. The Morgan fingerprint density at radius 2 is 1.67 bits per heavy atom. The van der Waals surface area contributed by atoms with E-state index in [-0.39, 0.29) is 11.2 Å². The summed E-state index contributed by atoms with van der Waals surface area (Å²) in [7, 11) is -8.67. The van der Waals surface area contributed by atoms with Crippen LogP contribution in [-0.2, 0) is 13.9 Å². The zero-order chi connectivity index (χ0) is 14.0. The molecule has 0 aromatic heterocycles. The topological polar surface area (TPSA) is 124 Å². The van der Waals surface area contributed by atoms with Gasteiger partial charge in [-0.25, -0.2) is 0 Å². The van der Waals surface area contributed by atoms with Crippen molar-refractivity contribution in [3.63, 3.8) is 0 Å². The molecule has 0 saturated carbocycles. The van der Waals surface area contributed by atoms with Crippen molar-refractivity contribution in [3.8, 4) is 0 Å². The quantitative estimate of drug-likeness (QED) is 0.605.